The normalized spacial score (nSPS) is 14.4. The number of aryl methyl sites for hydroxylation is 2. The predicted molar refractivity (Wildman–Crippen MR) is 163 cm³/mol. The van der Waals surface area contributed by atoms with Gasteiger partial charge in [0, 0.05) is 61.0 Å². The van der Waals surface area contributed by atoms with Crippen LogP contribution in [0.3, 0.4) is 0 Å². The molecule has 1 aliphatic rings. The van der Waals surface area contributed by atoms with Gasteiger partial charge in [0.2, 0.25) is 5.91 Å². The fourth-order valence-corrected chi connectivity index (χ4v) is 5.10. The van der Waals surface area contributed by atoms with Gasteiger partial charge in [0.1, 0.15) is 11.8 Å². The van der Waals surface area contributed by atoms with Crippen molar-refractivity contribution in [2.75, 3.05) is 57.0 Å². The summed E-state index contributed by atoms with van der Waals surface area (Å²) in [6.07, 6.45) is 4.87. The van der Waals surface area contributed by atoms with Crippen LogP contribution in [0.5, 0.6) is 5.75 Å². The number of piperazine rings is 1. The quantitative estimate of drug-likeness (QED) is 0.304. The molecule has 0 radical (unpaired) electrons. The van der Waals surface area contributed by atoms with Crippen molar-refractivity contribution in [1.29, 1.82) is 5.26 Å². The van der Waals surface area contributed by atoms with Gasteiger partial charge in [-0.1, -0.05) is 37.6 Å². The Hall–Kier alpha value is -3.64. The van der Waals surface area contributed by atoms with E-state index in [2.05, 4.69) is 40.5 Å². The Bertz CT molecular complexity index is 1440. The monoisotopic (exact) mass is 560 g/mol. The van der Waals surface area contributed by atoms with E-state index in [-0.39, 0.29) is 5.91 Å². The summed E-state index contributed by atoms with van der Waals surface area (Å²) in [6.45, 7) is 11.1. The van der Waals surface area contributed by atoms with Gasteiger partial charge in [-0.05, 0) is 50.6 Å². The Labute approximate surface area is 241 Å². The molecule has 4 rings (SSSR count). The van der Waals surface area contributed by atoms with Gasteiger partial charge >= 0.3 is 0 Å². The lowest BCUT2D eigenvalue weighted by Crippen LogP contribution is -2.44. The molecule has 40 heavy (non-hydrogen) atoms. The van der Waals surface area contributed by atoms with E-state index in [9.17, 15) is 10.1 Å². The second kappa shape index (κ2) is 13.6. The van der Waals surface area contributed by atoms with E-state index in [4.69, 9.17) is 21.3 Å². The molecule has 0 aliphatic carbocycles. The number of pyridine rings is 1. The van der Waals surface area contributed by atoms with Crippen molar-refractivity contribution in [2.24, 2.45) is 0 Å². The van der Waals surface area contributed by atoms with Crippen molar-refractivity contribution in [1.82, 2.24) is 14.8 Å². The first kappa shape index (κ1) is 29.3. The number of carbonyl (C=O) groups is 1. The lowest BCUT2D eigenvalue weighted by molar-refractivity contribution is -0.111. The third-order valence-corrected chi connectivity index (χ3v) is 7.45. The van der Waals surface area contributed by atoms with Gasteiger partial charge in [-0.25, -0.2) is 0 Å². The minimum absolute atomic E-state index is 0.246. The Morgan fingerprint density at radius 1 is 1.15 bits per heavy atom. The summed E-state index contributed by atoms with van der Waals surface area (Å²) < 4.78 is 5.89. The molecule has 0 bridgehead atoms. The molecule has 210 valence electrons. The molecule has 0 spiro atoms. The maximum atomic E-state index is 12.9. The highest BCUT2D eigenvalue weighted by Crippen LogP contribution is 2.38. The molecule has 8 nitrogen and oxygen atoms in total. The fraction of sp³-hybridized carbons (Fsp3) is 0.387. The maximum absolute atomic E-state index is 12.9. The van der Waals surface area contributed by atoms with Gasteiger partial charge < -0.3 is 20.3 Å². The number of ether oxygens (including phenoxy) is 1. The summed E-state index contributed by atoms with van der Waals surface area (Å²) in [5, 5.41) is 17.9. The van der Waals surface area contributed by atoms with Crippen molar-refractivity contribution in [3.63, 3.8) is 0 Å². The number of hydrogen-bond donors (Lipinski definition) is 2. The topological polar surface area (TPSA) is 93.5 Å². The van der Waals surface area contributed by atoms with Crippen molar-refractivity contribution in [3.05, 3.63) is 64.3 Å². The predicted octanol–water partition coefficient (Wildman–Crippen LogP) is 5.77. The number of nitrogens with zero attached hydrogens (tertiary/aromatic N) is 4. The maximum Gasteiger partial charge on any atom is 0.248 e. The molecule has 1 fully saturated rings. The molecule has 3 aromatic rings. The number of nitrogens with one attached hydrogen (secondary N) is 2. The van der Waals surface area contributed by atoms with E-state index in [1.54, 1.807) is 6.08 Å². The third-order valence-electron chi connectivity index (χ3n) is 7.10. The Kier molecular flexibility index (Phi) is 9.99. The first-order valence-corrected chi connectivity index (χ1v) is 14.2. The van der Waals surface area contributed by atoms with Gasteiger partial charge in [0.25, 0.3) is 0 Å². The molecule has 0 unspecified atom stereocenters. The van der Waals surface area contributed by atoms with E-state index >= 15 is 0 Å². The van der Waals surface area contributed by atoms with Gasteiger partial charge in [-0.15, -0.1) is 0 Å². The van der Waals surface area contributed by atoms with E-state index in [0.717, 1.165) is 50.4 Å². The molecule has 1 amide bonds. The lowest BCUT2D eigenvalue weighted by Gasteiger charge is -2.31. The zero-order valence-electron chi connectivity index (χ0n) is 23.7. The van der Waals surface area contributed by atoms with Crippen LogP contribution in [0.4, 0.5) is 17.1 Å². The smallest absolute Gasteiger partial charge is 0.248 e. The number of halogens is 1. The summed E-state index contributed by atoms with van der Waals surface area (Å²) >= 11 is 6.49. The van der Waals surface area contributed by atoms with Crippen LogP contribution >= 0.6 is 11.6 Å². The number of likely N-dealkylation sites (N-methyl/N-ethyl adjacent to an activating group) is 1. The molecule has 0 saturated carbocycles. The lowest BCUT2D eigenvalue weighted by atomic mass is 10.0. The third kappa shape index (κ3) is 6.92. The fourth-order valence-electron chi connectivity index (χ4n) is 4.79. The first-order valence-electron chi connectivity index (χ1n) is 13.8. The summed E-state index contributed by atoms with van der Waals surface area (Å²) in [6, 6.07) is 11.8. The number of rotatable bonds is 10. The van der Waals surface area contributed by atoms with Crippen molar-refractivity contribution in [3.8, 4) is 11.8 Å². The van der Waals surface area contributed by atoms with Gasteiger partial charge in [0.15, 0.2) is 0 Å². The molecular formula is C31H37ClN6O2. The minimum Gasteiger partial charge on any atom is -0.492 e. The number of fused-ring (bicyclic) bond motifs is 1. The number of aromatic nitrogens is 1. The zero-order chi connectivity index (χ0) is 28.6. The van der Waals surface area contributed by atoms with Crippen LogP contribution in [-0.4, -0.2) is 67.1 Å². The number of benzene rings is 2. The van der Waals surface area contributed by atoms with Gasteiger partial charge in [-0.3, -0.25) is 14.7 Å². The highest BCUT2D eigenvalue weighted by atomic mass is 35.5. The van der Waals surface area contributed by atoms with Crippen LogP contribution in [0, 0.1) is 11.3 Å². The molecular weight excluding hydrogens is 524 g/mol. The second-order valence-corrected chi connectivity index (χ2v) is 10.3. The highest BCUT2D eigenvalue weighted by Gasteiger charge is 2.19. The van der Waals surface area contributed by atoms with Crippen LogP contribution in [0.25, 0.3) is 10.9 Å². The van der Waals surface area contributed by atoms with E-state index in [1.165, 1.54) is 0 Å². The summed E-state index contributed by atoms with van der Waals surface area (Å²) in [4.78, 5) is 22.3. The van der Waals surface area contributed by atoms with Crippen molar-refractivity contribution < 1.29 is 9.53 Å². The average Bonchev–Trinajstić information content (AvgIpc) is 2.94. The highest BCUT2D eigenvalue weighted by molar-refractivity contribution is 6.31. The Morgan fingerprint density at radius 2 is 1.93 bits per heavy atom. The Morgan fingerprint density at radius 3 is 2.58 bits per heavy atom. The molecule has 2 heterocycles. The van der Waals surface area contributed by atoms with Crippen LogP contribution in [0.2, 0.25) is 5.02 Å². The van der Waals surface area contributed by atoms with Crippen LogP contribution in [-0.2, 0) is 17.6 Å². The number of hydrogen-bond acceptors (Lipinski definition) is 7. The summed E-state index contributed by atoms with van der Waals surface area (Å²) in [7, 11) is 2.12. The molecule has 1 aromatic heterocycles. The molecule has 9 heteroatoms. The second-order valence-electron chi connectivity index (χ2n) is 9.85. The summed E-state index contributed by atoms with van der Waals surface area (Å²) in [5.74, 6) is 0.279. The molecule has 0 atom stereocenters. The van der Waals surface area contributed by atoms with Crippen LogP contribution < -0.4 is 15.4 Å². The van der Waals surface area contributed by atoms with E-state index in [0.29, 0.717) is 57.3 Å². The van der Waals surface area contributed by atoms with Gasteiger partial charge in [-0.2, -0.15) is 5.26 Å². The van der Waals surface area contributed by atoms with E-state index < -0.39 is 0 Å². The Balaban J connectivity index is 1.69. The van der Waals surface area contributed by atoms with E-state index in [1.807, 2.05) is 50.3 Å². The first-order chi connectivity index (χ1) is 19.4. The standard InChI is InChI=1S/C31H37ClN6O2/c1-5-21-10-11-22(17-25(21)32)34-31-23-18-28(36-30(39)9-8-12-38-15-13-37(4)14-16-38)29(40-7-3)19-27(23)35-26(6-2)24(31)20-33/h8-11,17-19H,5-7,12-16H2,1-4H3,(H,34,35)(H,36,39)/b9-8+. The van der Waals surface area contributed by atoms with Crippen LogP contribution in [0.1, 0.15) is 37.6 Å². The SMILES string of the molecule is CCOc1cc2nc(CC)c(C#N)c(Nc3ccc(CC)c(Cl)c3)c2cc1NC(=O)/C=C/CN1CCN(C)CC1. The zero-order valence-corrected chi connectivity index (χ0v) is 24.4. The summed E-state index contributed by atoms with van der Waals surface area (Å²) in [5.41, 5.74) is 4.75. The van der Waals surface area contributed by atoms with Crippen LogP contribution in [0.15, 0.2) is 42.5 Å². The molecule has 2 N–H and O–H groups in total. The van der Waals surface area contributed by atoms with Crippen molar-refractivity contribution in [2.45, 2.75) is 33.6 Å². The number of amides is 1. The average molecular weight is 561 g/mol. The van der Waals surface area contributed by atoms with Crippen molar-refractivity contribution >= 4 is 45.5 Å². The minimum atomic E-state index is -0.246. The molecule has 1 aliphatic heterocycles. The van der Waals surface area contributed by atoms with Gasteiger partial charge in [0.05, 0.1) is 34.8 Å². The largest absolute Gasteiger partial charge is 0.492 e. The number of carbonyl (C=O) groups excluding carboxylic acids is 1. The molecule has 1 saturated heterocycles. The number of anilines is 3. The molecule has 2 aromatic carbocycles. The number of nitriles is 1.